The Hall–Kier alpha value is -0.740. The summed E-state index contributed by atoms with van der Waals surface area (Å²) >= 11 is 18.7. The van der Waals surface area contributed by atoms with Gasteiger partial charge in [-0.3, -0.25) is 0 Å². The van der Waals surface area contributed by atoms with Gasteiger partial charge in [-0.1, -0.05) is 59.6 Å². The van der Waals surface area contributed by atoms with Gasteiger partial charge in [-0.25, -0.2) is 0 Å². The van der Waals surface area contributed by atoms with Crippen molar-refractivity contribution in [3.05, 3.63) is 54.3 Å². The van der Waals surface area contributed by atoms with Gasteiger partial charge in [0.1, 0.15) is 5.41 Å². The molecule has 2 atom stereocenters. The maximum absolute atomic E-state index is 14.4. The molecule has 0 spiro atoms. The third kappa shape index (κ3) is 4.73. The molecule has 2 unspecified atom stereocenters. The molecule has 0 bridgehead atoms. The molecule has 1 fully saturated rings. The van der Waals surface area contributed by atoms with Crippen molar-refractivity contribution in [1.29, 1.82) is 0 Å². The van der Waals surface area contributed by atoms with Gasteiger partial charge < -0.3 is 10.6 Å². The summed E-state index contributed by atoms with van der Waals surface area (Å²) in [5.74, 6) is -0.859. The molecule has 2 aliphatic rings. The predicted octanol–water partition coefficient (Wildman–Crippen LogP) is 7.54. The van der Waals surface area contributed by atoms with Crippen LogP contribution in [0.2, 0.25) is 15.1 Å². The molecule has 1 saturated heterocycles. The first kappa shape index (κ1) is 25.9. The first-order valence-corrected chi connectivity index (χ1v) is 11.5. The Morgan fingerprint density at radius 1 is 1.12 bits per heavy atom. The van der Waals surface area contributed by atoms with Crippen molar-refractivity contribution in [2.75, 3.05) is 19.6 Å². The minimum atomic E-state index is -4.66. The Morgan fingerprint density at radius 3 is 2.22 bits per heavy atom. The van der Waals surface area contributed by atoms with Crippen LogP contribution in [-0.4, -0.2) is 36.9 Å². The molecule has 1 aromatic rings. The minimum Gasteiger partial charge on any atom is -0.365 e. The van der Waals surface area contributed by atoms with E-state index in [1.165, 1.54) is 11.8 Å². The lowest BCUT2D eigenvalue weighted by molar-refractivity contribution is -0.186. The largest absolute Gasteiger partial charge is 0.413 e. The minimum absolute atomic E-state index is 0.0101. The van der Waals surface area contributed by atoms with Gasteiger partial charge in [-0.2, -0.15) is 26.3 Å². The van der Waals surface area contributed by atoms with E-state index in [2.05, 4.69) is 0 Å². The fourth-order valence-corrected chi connectivity index (χ4v) is 5.96. The highest BCUT2D eigenvalue weighted by Crippen LogP contribution is 2.52. The number of rotatable bonds is 3. The van der Waals surface area contributed by atoms with E-state index >= 15 is 0 Å². The lowest BCUT2D eigenvalue weighted by Gasteiger charge is -2.33. The second-order valence-corrected chi connectivity index (χ2v) is 10.1. The molecule has 0 aromatic heterocycles. The predicted molar refractivity (Wildman–Crippen MR) is 117 cm³/mol. The van der Waals surface area contributed by atoms with E-state index in [-0.39, 0.29) is 51.5 Å². The highest BCUT2D eigenvalue weighted by Gasteiger charge is 2.59. The van der Waals surface area contributed by atoms with Gasteiger partial charge in [0.15, 0.2) is 0 Å². The van der Waals surface area contributed by atoms with Crippen molar-refractivity contribution in [3.8, 4) is 0 Å². The highest BCUT2D eigenvalue weighted by molar-refractivity contribution is 8.06. The van der Waals surface area contributed by atoms with E-state index in [1.54, 1.807) is 6.08 Å². The average Bonchev–Trinajstić information content (AvgIpc) is 3.05. The summed E-state index contributed by atoms with van der Waals surface area (Å²) in [6.45, 7) is 0.572. The summed E-state index contributed by atoms with van der Waals surface area (Å²) < 4.78 is 83.8. The Balaban J connectivity index is 2.00. The molecule has 2 nitrogen and oxygen atoms in total. The van der Waals surface area contributed by atoms with Crippen molar-refractivity contribution < 1.29 is 26.3 Å². The van der Waals surface area contributed by atoms with E-state index in [1.807, 2.05) is 0 Å². The monoisotopic (exact) mass is 538 g/mol. The van der Waals surface area contributed by atoms with Crippen LogP contribution < -0.4 is 5.73 Å². The van der Waals surface area contributed by atoms with E-state index in [0.29, 0.717) is 5.03 Å². The van der Waals surface area contributed by atoms with Crippen LogP contribution >= 0.6 is 46.6 Å². The molecule has 1 aromatic carbocycles. The molecule has 178 valence electrons. The fourth-order valence-electron chi connectivity index (χ4n) is 4.14. The van der Waals surface area contributed by atoms with E-state index < -0.39 is 35.8 Å². The zero-order chi connectivity index (χ0) is 24.1. The number of alkyl halides is 6. The molecule has 2 heterocycles. The smallest absolute Gasteiger partial charge is 0.365 e. The second-order valence-electron chi connectivity index (χ2n) is 7.83. The SMILES string of the molecule is CC1CC=C(N2CCC(c3cc(Cl)c(Cl)c(Cl)c3)(C(F)(F)F)C2)SC(CN)=C1C(F)(F)F. The van der Waals surface area contributed by atoms with Crippen LogP contribution in [0.3, 0.4) is 0 Å². The van der Waals surface area contributed by atoms with Gasteiger partial charge in [-0.15, -0.1) is 0 Å². The summed E-state index contributed by atoms with van der Waals surface area (Å²) in [7, 11) is 0. The summed E-state index contributed by atoms with van der Waals surface area (Å²) in [6.07, 6.45) is -7.95. The maximum Gasteiger partial charge on any atom is 0.413 e. The molecule has 2 N–H and O–H groups in total. The fraction of sp³-hybridized carbons (Fsp3) is 0.500. The molecular formula is C20H19Cl3F6N2S. The summed E-state index contributed by atoms with van der Waals surface area (Å²) in [5, 5.41) is 0.0825. The zero-order valence-electron chi connectivity index (χ0n) is 16.7. The van der Waals surface area contributed by atoms with Crippen LogP contribution in [0.25, 0.3) is 0 Å². The summed E-state index contributed by atoms with van der Waals surface area (Å²) in [5.41, 5.74) is 2.43. The Morgan fingerprint density at radius 2 is 1.72 bits per heavy atom. The molecule has 0 amide bonds. The molecule has 12 heteroatoms. The van der Waals surface area contributed by atoms with Crippen molar-refractivity contribution in [2.24, 2.45) is 11.7 Å². The van der Waals surface area contributed by atoms with Crippen LogP contribution in [-0.2, 0) is 5.41 Å². The number of hydrogen-bond acceptors (Lipinski definition) is 3. The molecular weight excluding hydrogens is 521 g/mol. The molecule has 2 aliphatic heterocycles. The third-order valence-electron chi connectivity index (χ3n) is 5.82. The summed E-state index contributed by atoms with van der Waals surface area (Å²) in [6, 6.07) is 2.30. The van der Waals surface area contributed by atoms with Crippen molar-refractivity contribution in [3.63, 3.8) is 0 Å². The van der Waals surface area contributed by atoms with Crippen LogP contribution in [0.1, 0.15) is 25.3 Å². The van der Waals surface area contributed by atoms with Crippen molar-refractivity contribution >= 4 is 46.6 Å². The van der Waals surface area contributed by atoms with Crippen molar-refractivity contribution in [1.82, 2.24) is 4.90 Å². The Kier molecular flexibility index (Phi) is 7.38. The van der Waals surface area contributed by atoms with Gasteiger partial charge in [0.05, 0.1) is 20.1 Å². The summed E-state index contributed by atoms with van der Waals surface area (Å²) in [4.78, 5) is 1.37. The van der Waals surface area contributed by atoms with E-state index in [9.17, 15) is 26.3 Å². The van der Waals surface area contributed by atoms with Gasteiger partial charge in [0, 0.05) is 30.1 Å². The molecule has 0 saturated carbocycles. The maximum atomic E-state index is 14.4. The second kappa shape index (κ2) is 9.13. The number of halogens is 9. The van der Waals surface area contributed by atoms with Crippen LogP contribution in [0.4, 0.5) is 26.3 Å². The number of nitrogens with zero attached hydrogens (tertiary/aromatic N) is 1. The van der Waals surface area contributed by atoms with Gasteiger partial charge in [0.25, 0.3) is 0 Å². The van der Waals surface area contributed by atoms with Gasteiger partial charge in [-0.05, 0) is 36.5 Å². The normalized spacial score (nSPS) is 25.3. The standard InChI is InChI=1S/C20H19Cl3F6N2S/c1-10-2-3-15(32-14(8-30)16(10)19(24,25)26)31-5-4-18(9-31,20(27,28)29)11-6-12(21)17(23)13(22)7-11/h3,6-7,10H,2,4-5,8-9,30H2,1H3. The van der Waals surface area contributed by atoms with E-state index in [4.69, 9.17) is 40.5 Å². The number of likely N-dealkylation sites (tertiary alicyclic amines) is 1. The zero-order valence-corrected chi connectivity index (χ0v) is 19.8. The molecule has 3 rings (SSSR count). The quantitative estimate of drug-likeness (QED) is 0.318. The first-order valence-electron chi connectivity index (χ1n) is 9.56. The van der Waals surface area contributed by atoms with E-state index in [0.717, 1.165) is 23.9 Å². The average molecular weight is 540 g/mol. The number of hydrogen-bond donors (Lipinski definition) is 1. The van der Waals surface area contributed by atoms with Crippen LogP contribution in [0, 0.1) is 5.92 Å². The third-order valence-corrected chi connectivity index (χ3v) is 8.28. The lowest BCUT2D eigenvalue weighted by atomic mass is 9.79. The lowest BCUT2D eigenvalue weighted by Crippen LogP contribution is -2.44. The topological polar surface area (TPSA) is 29.3 Å². The Labute approximate surface area is 200 Å². The highest BCUT2D eigenvalue weighted by atomic mass is 35.5. The van der Waals surface area contributed by atoms with Crippen LogP contribution in [0.5, 0.6) is 0 Å². The van der Waals surface area contributed by atoms with Gasteiger partial charge >= 0.3 is 12.4 Å². The number of allylic oxidation sites excluding steroid dienone is 2. The molecule has 32 heavy (non-hydrogen) atoms. The Bertz CT molecular complexity index is 937. The van der Waals surface area contributed by atoms with Crippen molar-refractivity contribution in [2.45, 2.75) is 37.5 Å². The van der Waals surface area contributed by atoms with Gasteiger partial charge in [0.2, 0.25) is 0 Å². The molecule has 0 radical (unpaired) electrons. The first-order chi connectivity index (χ1) is 14.7. The number of benzene rings is 1. The van der Waals surface area contributed by atoms with Crippen LogP contribution in [0.15, 0.2) is 33.7 Å². The molecule has 0 aliphatic carbocycles. The number of nitrogens with two attached hydrogens (primary N) is 1. The number of thioether (sulfide) groups is 1.